The Morgan fingerprint density at radius 3 is 1.18 bits per heavy atom. The van der Waals surface area contributed by atoms with Gasteiger partial charge in [-0.15, -0.1) is 0 Å². The summed E-state index contributed by atoms with van der Waals surface area (Å²) in [5.41, 5.74) is 0. The third-order valence-corrected chi connectivity index (χ3v) is 1.29. The zero-order chi connectivity index (χ0) is 9.28. The predicted octanol–water partition coefficient (Wildman–Crippen LogP) is 2.36. The molecule has 0 aromatic rings. The summed E-state index contributed by atoms with van der Waals surface area (Å²) in [6, 6.07) is 0. The lowest BCUT2D eigenvalue weighted by molar-refractivity contribution is -0.118. The normalized spacial score (nSPS) is 8.00. The molecule has 0 radical (unpaired) electrons. The van der Waals surface area contributed by atoms with Gasteiger partial charge in [0.1, 0.15) is 11.6 Å². The third-order valence-electron chi connectivity index (χ3n) is 1.29. The van der Waals surface area contributed by atoms with Crippen molar-refractivity contribution in [2.45, 2.75) is 47.0 Å². The van der Waals surface area contributed by atoms with E-state index in [9.17, 15) is 9.59 Å². The van der Waals surface area contributed by atoms with Crippen LogP contribution in [0.1, 0.15) is 47.0 Å². The molecule has 0 saturated carbocycles. The number of carbonyl (C=O) groups is 2. The molecule has 0 aromatic carbocycles. The van der Waals surface area contributed by atoms with Gasteiger partial charge in [0.25, 0.3) is 0 Å². The average Bonchev–Trinajstić information content (AvgIpc) is 2.04. The van der Waals surface area contributed by atoms with E-state index in [0.717, 1.165) is 0 Å². The second-order valence-electron chi connectivity index (χ2n) is 2.30. The summed E-state index contributed by atoms with van der Waals surface area (Å²) in [5.74, 6) is 0.597. The van der Waals surface area contributed by atoms with Crippen LogP contribution in [0.25, 0.3) is 0 Å². The van der Waals surface area contributed by atoms with Crippen LogP contribution >= 0.6 is 0 Å². The first-order valence-corrected chi connectivity index (χ1v) is 4.09. The van der Waals surface area contributed by atoms with Gasteiger partial charge in [-0.05, 0) is 6.92 Å². The predicted molar refractivity (Wildman–Crippen MR) is 46.6 cm³/mol. The highest BCUT2D eigenvalue weighted by Crippen LogP contribution is 1.83. The Morgan fingerprint density at radius 1 is 0.909 bits per heavy atom. The van der Waals surface area contributed by atoms with Crippen molar-refractivity contribution in [3.8, 4) is 0 Å². The van der Waals surface area contributed by atoms with Gasteiger partial charge in [-0.2, -0.15) is 0 Å². The van der Waals surface area contributed by atoms with E-state index in [1.807, 2.05) is 20.8 Å². The van der Waals surface area contributed by atoms with Crippen LogP contribution in [0.3, 0.4) is 0 Å². The molecule has 0 fully saturated rings. The zero-order valence-electron chi connectivity index (χ0n) is 7.94. The molecule has 0 aliphatic heterocycles. The van der Waals surface area contributed by atoms with Crippen LogP contribution < -0.4 is 0 Å². The Morgan fingerprint density at radius 2 is 1.18 bits per heavy atom. The van der Waals surface area contributed by atoms with Gasteiger partial charge in [0.2, 0.25) is 0 Å². The number of rotatable bonds is 3. The summed E-state index contributed by atoms with van der Waals surface area (Å²) >= 11 is 0. The molecule has 2 heteroatoms. The summed E-state index contributed by atoms with van der Waals surface area (Å²) < 4.78 is 0. The Bertz CT molecular complexity index is 111. The van der Waals surface area contributed by atoms with Crippen molar-refractivity contribution in [1.82, 2.24) is 0 Å². The van der Waals surface area contributed by atoms with Crippen molar-refractivity contribution >= 4 is 11.6 Å². The van der Waals surface area contributed by atoms with E-state index in [1.165, 1.54) is 0 Å². The molecule has 0 heterocycles. The molecule has 0 spiro atoms. The number of carbonyl (C=O) groups excluding carboxylic acids is 2. The second-order valence-corrected chi connectivity index (χ2v) is 2.30. The number of hydrogen-bond acceptors (Lipinski definition) is 2. The second kappa shape index (κ2) is 9.34. The minimum absolute atomic E-state index is 0.255. The summed E-state index contributed by atoms with van der Waals surface area (Å²) in [7, 11) is 0. The fraction of sp³-hybridized carbons (Fsp3) is 0.778. The Balaban J connectivity index is 0. The summed E-state index contributed by atoms with van der Waals surface area (Å²) in [5, 5.41) is 0. The fourth-order valence-corrected chi connectivity index (χ4v) is 0.250. The van der Waals surface area contributed by atoms with Crippen LogP contribution in [0.5, 0.6) is 0 Å². The average molecular weight is 158 g/mol. The van der Waals surface area contributed by atoms with E-state index in [1.54, 1.807) is 6.92 Å². The van der Waals surface area contributed by atoms with Crippen LogP contribution in [0.15, 0.2) is 0 Å². The molecule has 0 unspecified atom stereocenters. The van der Waals surface area contributed by atoms with Crippen molar-refractivity contribution in [3.05, 3.63) is 0 Å². The van der Waals surface area contributed by atoms with E-state index >= 15 is 0 Å². The SMILES string of the molecule is CCC(=O)CC.CCC(C)=O. The van der Waals surface area contributed by atoms with Gasteiger partial charge in [0, 0.05) is 19.3 Å². The van der Waals surface area contributed by atoms with Gasteiger partial charge < -0.3 is 4.79 Å². The summed E-state index contributed by atoms with van der Waals surface area (Å²) in [6.07, 6.45) is 2.05. The van der Waals surface area contributed by atoms with Crippen molar-refractivity contribution in [1.29, 1.82) is 0 Å². The first-order chi connectivity index (χ1) is 5.08. The highest BCUT2D eigenvalue weighted by atomic mass is 16.1. The quantitative estimate of drug-likeness (QED) is 0.631. The molecule has 0 aliphatic carbocycles. The Labute approximate surface area is 69.0 Å². The Kier molecular flexibility index (Phi) is 11.0. The van der Waals surface area contributed by atoms with Gasteiger partial charge >= 0.3 is 0 Å². The molecule has 0 aliphatic rings. The number of hydrogen-bond donors (Lipinski definition) is 0. The maximum atomic E-state index is 10.2. The first-order valence-electron chi connectivity index (χ1n) is 4.09. The molecule has 0 rings (SSSR count). The first kappa shape index (κ1) is 13.0. The molecule has 2 nitrogen and oxygen atoms in total. The molecule has 11 heavy (non-hydrogen) atoms. The minimum atomic E-state index is 0.255. The number of ketones is 2. The maximum Gasteiger partial charge on any atom is 0.132 e. The van der Waals surface area contributed by atoms with Crippen molar-refractivity contribution in [3.63, 3.8) is 0 Å². The zero-order valence-corrected chi connectivity index (χ0v) is 7.94. The van der Waals surface area contributed by atoms with E-state index in [-0.39, 0.29) is 5.78 Å². The van der Waals surface area contributed by atoms with Crippen molar-refractivity contribution in [2.24, 2.45) is 0 Å². The smallest absolute Gasteiger partial charge is 0.132 e. The lowest BCUT2D eigenvalue weighted by Crippen LogP contribution is -1.88. The molecule has 0 atom stereocenters. The van der Waals surface area contributed by atoms with Gasteiger partial charge in [-0.25, -0.2) is 0 Å². The number of Topliss-reactive ketones (excluding diaryl/α,β-unsaturated/α-hetero) is 2. The van der Waals surface area contributed by atoms with E-state index in [0.29, 0.717) is 25.0 Å². The molecular weight excluding hydrogens is 140 g/mol. The van der Waals surface area contributed by atoms with Gasteiger partial charge in [-0.1, -0.05) is 20.8 Å². The molecule has 66 valence electrons. The monoisotopic (exact) mass is 158 g/mol. The van der Waals surface area contributed by atoms with Crippen molar-refractivity contribution in [2.75, 3.05) is 0 Å². The van der Waals surface area contributed by atoms with E-state index < -0.39 is 0 Å². The van der Waals surface area contributed by atoms with Gasteiger partial charge in [-0.3, -0.25) is 4.79 Å². The fourth-order valence-electron chi connectivity index (χ4n) is 0.250. The molecule has 0 aromatic heterocycles. The minimum Gasteiger partial charge on any atom is -0.300 e. The molecule has 0 amide bonds. The molecule has 0 bridgehead atoms. The molecule has 0 saturated heterocycles. The van der Waals surface area contributed by atoms with Gasteiger partial charge in [0.15, 0.2) is 0 Å². The molecule has 0 N–H and O–H groups in total. The highest BCUT2D eigenvalue weighted by Gasteiger charge is 1.86. The third kappa shape index (κ3) is 17.6. The maximum absolute atomic E-state index is 10.2. The highest BCUT2D eigenvalue weighted by molar-refractivity contribution is 5.77. The standard InChI is InChI=1S/C5H10O.C4H8O/c1-3-5(6)4-2;1-3-4(2)5/h3-4H2,1-2H3;3H2,1-2H3. The van der Waals surface area contributed by atoms with Crippen LogP contribution in [0, 0.1) is 0 Å². The van der Waals surface area contributed by atoms with Gasteiger partial charge in [0.05, 0.1) is 0 Å². The van der Waals surface area contributed by atoms with E-state index in [4.69, 9.17) is 0 Å². The van der Waals surface area contributed by atoms with Crippen molar-refractivity contribution < 1.29 is 9.59 Å². The lowest BCUT2D eigenvalue weighted by atomic mass is 10.3. The Hall–Kier alpha value is -0.660. The largest absolute Gasteiger partial charge is 0.300 e. The summed E-state index contributed by atoms with van der Waals surface area (Å²) in [4.78, 5) is 20.0. The van der Waals surface area contributed by atoms with E-state index in [2.05, 4.69) is 0 Å². The van der Waals surface area contributed by atoms with Crippen LogP contribution in [0.4, 0.5) is 0 Å². The topological polar surface area (TPSA) is 34.1 Å². The van der Waals surface area contributed by atoms with Crippen LogP contribution in [-0.2, 0) is 9.59 Å². The van der Waals surface area contributed by atoms with Crippen LogP contribution in [0.2, 0.25) is 0 Å². The summed E-state index contributed by atoms with van der Waals surface area (Å²) in [6.45, 7) is 7.19. The molecular formula is C9H18O2. The van der Waals surface area contributed by atoms with Crippen LogP contribution in [-0.4, -0.2) is 11.6 Å². The lowest BCUT2D eigenvalue weighted by Gasteiger charge is -1.81.